The molecular formula is C11H13N2+. The van der Waals surface area contributed by atoms with E-state index in [1.54, 1.807) is 0 Å². The molecule has 2 N–H and O–H groups in total. The van der Waals surface area contributed by atoms with Crippen LogP contribution in [0.15, 0.2) is 30.3 Å². The highest BCUT2D eigenvalue weighted by Crippen LogP contribution is 2.13. The quantitative estimate of drug-likeness (QED) is 0.475. The van der Waals surface area contributed by atoms with E-state index in [4.69, 9.17) is 5.73 Å². The van der Waals surface area contributed by atoms with Gasteiger partial charge in [0.2, 0.25) is 5.52 Å². The zero-order valence-corrected chi connectivity index (χ0v) is 7.91. The Balaban J connectivity index is 2.87. The molecule has 0 saturated heterocycles. The molecule has 1 aromatic heterocycles. The lowest BCUT2D eigenvalue weighted by Crippen LogP contribution is -2.32. The van der Waals surface area contributed by atoms with Crippen molar-refractivity contribution >= 4 is 16.6 Å². The summed E-state index contributed by atoms with van der Waals surface area (Å²) >= 11 is 0. The number of fused-ring (bicyclic) bond motifs is 1. The van der Waals surface area contributed by atoms with E-state index in [2.05, 4.69) is 36.7 Å². The van der Waals surface area contributed by atoms with Gasteiger partial charge in [-0.15, -0.1) is 0 Å². The van der Waals surface area contributed by atoms with Gasteiger partial charge in [0.15, 0.2) is 5.69 Å². The molecule has 0 amide bonds. The van der Waals surface area contributed by atoms with Crippen molar-refractivity contribution in [3.63, 3.8) is 0 Å². The first kappa shape index (κ1) is 8.05. The van der Waals surface area contributed by atoms with Crippen LogP contribution in [-0.4, -0.2) is 0 Å². The van der Waals surface area contributed by atoms with Crippen molar-refractivity contribution in [1.29, 1.82) is 0 Å². The van der Waals surface area contributed by atoms with Crippen molar-refractivity contribution in [2.75, 3.05) is 5.73 Å². The summed E-state index contributed by atoms with van der Waals surface area (Å²) in [4.78, 5) is 0. The Morgan fingerprint density at radius 1 is 1.15 bits per heavy atom. The minimum atomic E-state index is 0.816. The lowest BCUT2D eigenvalue weighted by atomic mass is 10.2. The lowest BCUT2D eigenvalue weighted by Gasteiger charge is -1.99. The van der Waals surface area contributed by atoms with Gasteiger partial charge in [-0.25, -0.2) is 0 Å². The highest BCUT2D eigenvalue weighted by Gasteiger charge is 2.06. The van der Waals surface area contributed by atoms with E-state index in [0.29, 0.717) is 0 Å². The monoisotopic (exact) mass is 173 g/mol. The molecule has 13 heavy (non-hydrogen) atoms. The fourth-order valence-corrected chi connectivity index (χ4v) is 1.52. The average molecular weight is 173 g/mol. The molecule has 0 aliphatic carbocycles. The van der Waals surface area contributed by atoms with Crippen LogP contribution in [0, 0.1) is 6.92 Å². The number of aryl methyl sites for hydroxylation is 2. The van der Waals surface area contributed by atoms with E-state index in [1.165, 1.54) is 16.6 Å². The van der Waals surface area contributed by atoms with Gasteiger partial charge in [-0.2, -0.15) is 4.57 Å². The fraction of sp³-hybridized carbons (Fsp3) is 0.182. The van der Waals surface area contributed by atoms with Gasteiger partial charge in [-0.1, -0.05) is 0 Å². The van der Waals surface area contributed by atoms with Crippen molar-refractivity contribution < 1.29 is 4.57 Å². The third-order valence-electron chi connectivity index (χ3n) is 2.45. The zero-order chi connectivity index (χ0) is 9.42. The van der Waals surface area contributed by atoms with Crippen LogP contribution in [0.2, 0.25) is 0 Å². The summed E-state index contributed by atoms with van der Waals surface area (Å²) in [6, 6.07) is 10.2. The first-order valence-corrected chi connectivity index (χ1v) is 4.33. The van der Waals surface area contributed by atoms with E-state index in [9.17, 15) is 0 Å². The van der Waals surface area contributed by atoms with Crippen molar-refractivity contribution in [2.24, 2.45) is 7.05 Å². The number of benzene rings is 1. The molecule has 0 bridgehead atoms. The maximum Gasteiger partial charge on any atom is 0.212 e. The molecule has 0 aliphatic rings. The van der Waals surface area contributed by atoms with Gasteiger partial charge >= 0.3 is 0 Å². The van der Waals surface area contributed by atoms with Gasteiger partial charge in [0, 0.05) is 30.1 Å². The normalized spacial score (nSPS) is 10.6. The number of rotatable bonds is 0. The van der Waals surface area contributed by atoms with E-state index in [-0.39, 0.29) is 0 Å². The number of aromatic nitrogens is 1. The Morgan fingerprint density at radius 2 is 1.92 bits per heavy atom. The summed E-state index contributed by atoms with van der Waals surface area (Å²) in [7, 11) is 2.06. The first-order chi connectivity index (χ1) is 6.18. The second-order valence-electron chi connectivity index (χ2n) is 3.35. The van der Waals surface area contributed by atoms with Crippen molar-refractivity contribution in [2.45, 2.75) is 6.92 Å². The second kappa shape index (κ2) is 2.73. The maximum absolute atomic E-state index is 5.70. The van der Waals surface area contributed by atoms with Gasteiger partial charge < -0.3 is 5.73 Å². The molecule has 0 fully saturated rings. The molecule has 2 nitrogen and oxygen atoms in total. The largest absolute Gasteiger partial charge is 0.399 e. The summed E-state index contributed by atoms with van der Waals surface area (Å²) in [6.45, 7) is 2.09. The van der Waals surface area contributed by atoms with E-state index in [1.807, 2.05) is 12.1 Å². The highest BCUT2D eigenvalue weighted by atomic mass is 14.9. The molecule has 66 valence electrons. The summed E-state index contributed by atoms with van der Waals surface area (Å²) in [5, 5.41) is 1.19. The summed E-state index contributed by atoms with van der Waals surface area (Å²) in [6.07, 6.45) is 0. The molecule has 0 spiro atoms. The number of nitrogens with zero attached hydrogens (tertiary/aromatic N) is 1. The van der Waals surface area contributed by atoms with E-state index >= 15 is 0 Å². The van der Waals surface area contributed by atoms with Crippen LogP contribution in [0.5, 0.6) is 0 Å². The zero-order valence-electron chi connectivity index (χ0n) is 7.91. The SMILES string of the molecule is Cc1ccc2cc(N)ccc2[n+]1C. The standard InChI is InChI=1S/C11H13N2/c1-8-3-4-9-7-10(12)5-6-11(9)13(8)2/h3-7H,12H2,1-2H3/q+1. The second-order valence-corrected chi connectivity index (χ2v) is 3.35. The minimum Gasteiger partial charge on any atom is -0.399 e. The third-order valence-corrected chi connectivity index (χ3v) is 2.45. The molecule has 0 aliphatic heterocycles. The van der Waals surface area contributed by atoms with Crippen LogP contribution in [0.4, 0.5) is 5.69 Å². The highest BCUT2D eigenvalue weighted by molar-refractivity contribution is 5.79. The smallest absolute Gasteiger partial charge is 0.212 e. The molecule has 0 saturated carbocycles. The van der Waals surface area contributed by atoms with Gasteiger partial charge in [0.1, 0.15) is 7.05 Å². The Morgan fingerprint density at radius 3 is 2.69 bits per heavy atom. The summed E-state index contributed by atoms with van der Waals surface area (Å²) < 4.78 is 2.16. The average Bonchev–Trinajstić information content (AvgIpc) is 2.12. The number of nitrogens with two attached hydrogens (primary N) is 1. The molecule has 0 unspecified atom stereocenters. The number of hydrogen-bond donors (Lipinski definition) is 1. The van der Waals surface area contributed by atoms with Crippen molar-refractivity contribution in [1.82, 2.24) is 0 Å². The summed E-state index contributed by atoms with van der Waals surface area (Å²) in [5.74, 6) is 0. The van der Waals surface area contributed by atoms with Crippen LogP contribution in [0.25, 0.3) is 10.9 Å². The first-order valence-electron chi connectivity index (χ1n) is 4.33. The van der Waals surface area contributed by atoms with E-state index in [0.717, 1.165) is 5.69 Å². The van der Waals surface area contributed by atoms with Crippen LogP contribution in [0.3, 0.4) is 0 Å². The van der Waals surface area contributed by atoms with Gasteiger partial charge in [0.05, 0.1) is 0 Å². The number of nitrogen functional groups attached to an aromatic ring is 1. The molecule has 1 heterocycles. The van der Waals surface area contributed by atoms with Crippen LogP contribution in [-0.2, 0) is 7.05 Å². The summed E-state index contributed by atoms with van der Waals surface area (Å²) in [5.41, 5.74) is 8.98. The maximum atomic E-state index is 5.70. The van der Waals surface area contributed by atoms with Crippen LogP contribution in [0.1, 0.15) is 5.69 Å². The van der Waals surface area contributed by atoms with Crippen molar-refractivity contribution in [3.05, 3.63) is 36.0 Å². The topological polar surface area (TPSA) is 29.9 Å². The van der Waals surface area contributed by atoms with Crippen LogP contribution >= 0.6 is 0 Å². The van der Waals surface area contributed by atoms with Gasteiger partial charge in [-0.05, 0) is 18.2 Å². The number of hydrogen-bond acceptors (Lipinski definition) is 1. The van der Waals surface area contributed by atoms with Crippen LogP contribution < -0.4 is 10.3 Å². The molecule has 2 heteroatoms. The Bertz CT molecular complexity index is 461. The number of pyridine rings is 1. The van der Waals surface area contributed by atoms with Crippen molar-refractivity contribution in [3.8, 4) is 0 Å². The Labute approximate surface area is 77.6 Å². The van der Waals surface area contributed by atoms with Gasteiger partial charge in [0.25, 0.3) is 0 Å². The third kappa shape index (κ3) is 1.24. The molecule has 1 aromatic carbocycles. The fourth-order valence-electron chi connectivity index (χ4n) is 1.52. The minimum absolute atomic E-state index is 0.816. The lowest BCUT2D eigenvalue weighted by molar-refractivity contribution is -0.651. The Kier molecular flexibility index (Phi) is 1.69. The predicted octanol–water partition coefficient (Wildman–Crippen LogP) is 1.55. The molecular weight excluding hydrogens is 160 g/mol. The predicted molar refractivity (Wildman–Crippen MR) is 54.3 cm³/mol. The Hall–Kier alpha value is -1.57. The number of anilines is 1. The molecule has 2 rings (SSSR count). The molecule has 0 radical (unpaired) electrons. The molecule has 2 aromatic rings. The van der Waals surface area contributed by atoms with Gasteiger partial charge in [-0.3, -0.25) is 0 Å². The molecule has 0 atom stereocenters. The van der Waals surface area contributed by atoms with E-state index < -0.39 is 0 Å².